The highest BCUT2D eigenvalue weighted by Gasteiger charge is 2.16. The van der Waals surface area contributed by atoms with Crippen LogP contribution >= 0.6 is 11.8 Å². The number of hydrogen-bond acceptors (Lipinski definition) is 6. The third kappa shape index (κ3) is 4.53. The fraction of sp³-hybridized carbons (Fsp3) is 0.125. The van der Waals surface area contributed by atoms with Crippen molar-refractivity contribution < 1.29 is 4.79 Å². The molecule has 0 fully saturated rings. The highest BCUT2D eigenvalue weighted by Crippen LogP contribution is 2.26. The molecule has 0 saturated carbocycles. The molecule has 2 aromatic heterocycles. The van der Waals surface area contributed by atoms with Crippen LogP contribution in [0.2, 0.25) is 0 Å². The molecular weight excluding hydrogens is 420 g/mol. The van der Waals surface area contributed by atoms with E-state index in [4.69, 9.17) is 5.10 Å². The van der Waals surface area contributed by atoms with E-state index in [0.29, 0.717) is 22.1 Å². The van der Waals surface area contributed by atoms with Crippen LogP contribution in [0.5, 0.6) is 0 Å². The smallest absolute Gasteiger partial charge is 0.235 e. The normalized spacial score (nSPS) is 10.5. The lowest BCUT2D eigenvalue weighted by Gasteiger charge is -2.09. The van der Waals surface area contributed by atoms with E-state index in [1.807, 2.05) is 73.7 Å². The van der Waals surface area contributed by atoms with Gasteiger partial charge >= 0.3 is 0 Å². The van der Waals surface area contributed by atoms with Crippen LogP contribution in [0.4, 0.5) is 5.82 Å². The van der Waals surface area contributed by atoms with Crippen LogP contribution in [0.3, 0.4) is 0 Å². The van der Waals surface area contributed by atoms with Gasteiger partial charge in [0.25, 0.3) is 0 Å². The molecule has 0 aliphatic carbocycles. The van der Waals surface area contributed by atoms with Crippen LogP contribution in [0.15, 0.2) is 71.8 Å². The molecule has 0 unspecified atom stereocenters. The van der Waals surface area contributed by atoms with Crippen molar-refractivity contribution >= 4 is 23.5 Å². The lowest BCUT2D eigenvalue weighted by atomic mass is 10.1. The molecule has 0 aliphatic heterocycles. The second kappa shape index (κ2) is 9.45. The number of aromatic nitrogens is 4. The molecule has 0 aliphatic rings. The molecule has 158 valence electrons. The number of thioether (sulfide) groups is 1. The number of benzene rings is 2. The maximum absolute atomic E-state index is 12.8. The average Bonchev–Trinajstić information content (AvgIpc) is 3.24. The first kappa shape index (κ1) is 21.3. The number of amides is 1. The van der Waals surface area contributed by atoms with Crippen LogP contribution in [0, 0.1) is 25.2 Å². The standard InChI is InChI=1S/C24H20N6OS/c1-16-17(2)27-28-24(20(16)14-25)32-15-23(31)26-22-13-21(18-9-5-3-6-10-18)29-30(22)19-11-7-4-8-12-19/h3-13H,15H2,1-2H3,(H,26,31). The van der Waals surface area contributed by atoms with Crippen molar-refractivity contribution in [3.63, 3.8) is 0 Å². The van der Waals surface area contributed by atoms with Gasteiger partial charge in [0, 0.05) is 11.6 Å². The molecule has 1 N–H and O–H groups in total. The molecule has 4 rings (SSSR count). The maximum Gasteiger partial charge on any atom is 0.235 e. The summed E-state index contributed by atoms with van der Waals surface area (Å²) in [6.07, 6.45) is 0. The Morgan fingerprint density at radius 1 is 1.06 bits per heavy atom. The van der Waals surface area contributed by atoms with Gasteiger partial charge in [0.15, 0.2) is 0 Å². The Hall–Kier alpha value is -3.96. The van der Waals surface area contributed by atoms with Crippen molar-refractivity contribution in [1.82, 2.24) is 20.0 Å². The number of para-hydroxylation sites is 1. The second-order valence-electron chi connectivity index (χ2n) is 7.07. The van der Waals surface area contributed by atoms with E-state index in [2.05, 4.69) is 21.6 Å². The average molecular weight is 441 g/mol. The van der Waals surface area contributed by atoms with Crippen LogP contribution in [-0.2, 0) is 4.79 Å². The highest BCUT2D eigenvalue weighted by molar-refractivity contribution is 8.00. The monoisotopic (exact) mass is 440 g/mol. The Morgan fingerprint density at radius 2 is 1.75 bits per heavy atom. The summed E-state index contributed by atoms with van der Waals surface area (Å²) in [5, 5.41) is 25.7. The van der Waals surface area contributed by atoms with Crippen molar-refractivity contribution in [3.05, 3.63) is 83.6 Å². The first-order chi connectivity index (χ1) is 15.6. The zero-order valence-electron chi connectivity index (χ0n) is 17.6. The van der Waals surface area contributed by atoms with Crippen molar-refractivity contribution in [1.29, 1.82) is 5.26 Å². The summed E-state index contributed by atoms with van der Waals surface area (Å²) in [5.41, 5.74) is 4.48. The van der Waals surface area contributed by atoms with E-state index in [-0.39, 0.29) is 11.7 Å². The van der Waals surface area contributed by atoms with E-state index in [9.17, 15) is 10.1 Å². The Bertz CT molecular complexity index is 1300. The Labute approximate surface area is 190 Å². The molecule has 0 spiro atoms. The van der Waals surface area contributed by atoms with Crippen molar-refractivity contribution in [2.75, 3.05) is 11.1 Å². The van der Waals surface area contributed by atoms with Crippen molar-refractivity contribution in [2.24, 2.45) is 0 Å². The number of carbonyl (C=O) groups excluding carboxylic acids is 1. The van der Waals surface area contributed by atoms with Gasteiger partial charge in [-0.15, -0.1) is 5.10 Å². The number of anilines is 1. The SMILES string of the molecule is Cc1nnc(SCC(=O)Nc2cc(-c3ccccc3)nn2-c2ccccc2)c(C#N)c1C. The van der Waals surface area contributed by atoms with Gasteiger partial charge in [0.2, 0.25) is 5.91 Å². The minimum Gasteiger partial charge on any atom is -0.310 e. The second-order valence-corrected chi connectivity index (χ2v) is 8.03. The third-order valence-electron chi connectivity index (χ3n) is 4.92. The van der Waals surface area contributed by atoms with Crippen molar-refractivity contribution in [3.8, 4) is 23.0 Å². The molecule has 2 aromatic carbocycles. The molecule has 1 amide bonds. The zero-order valence-corrected chi connectivity index (χ0v) is 18.4. The lowest BCUT2D eigenvalue weighted by Crippen LogP contribution is -2.17. The summed E-state index contributed by atoms with van der Waals surface area (Å²) in [5.74, 6) is 0.426. The molecule has 0 atom stereocenters. The van der Waals surface area contributed by atoms with Crippen LogP contribution in [0.25, 0.3) is 16.9 Å². The van der Waals surface area contributed by atoms with Gasteiger partial charge in [-0.25, -0.2) is 4.68 Å². The molecule has 2 heterocycles. The van der Waals surface area contributed by atoms with E-state index >= 15 is 0 Å². The lowest BCUT2D eigenvalue weighted by molar-refractivity contribution is -0.113. The largest absolute Gasteiger partial charge is 0.310 e. The summed E-state index contributed by atoms with van der Waals surface area (Å²) >= 11 is 1.19. The Morgan fingerprint density at radius 3 is 2.44 bits per heavy atom. The molecule has 0 radical (unpaired) electrons. The number of nitriles is 1. The Balaban J connectivity index is 1.57. The first-order valence-corrected chi connectivity index (χ1v) is 10.9. The van der Waals surface area contributed by atoms with Gasteiger partial charge in [-0.1, -0.05) is 60.3 Å². The summed E-state index contributed by atoms with van der Waals surface area (Å²) in [4.78, 5) is 12.8. The number of hydrogen-bond donors (Lipinski definition) is 1. The van der Waals surface area contributed by atoms with Gasteiger partial charge in [-0.2, -0.15) is 15.5 Å². The van der Waals surface area contributed by atoms with E-state index < -0.39 is 0 Å². The molecule has 32 heavy (non-hydrogen) atoms. The predicted octanol–water partition coefficient (Wildman–Crippen LogP) is 4.55. The van der Waals surface area contributed by atoms with Crippen LogP contribution < -0.4 is 5.32 Å². The molecule has 0 bridgehead atoms. The van der Waals surface area contributed by atoms with Crippen LogP contribution in [-0.4, -0.2) is 31.6 Å². The highest BCUT2D eigenvalue weighted by atomic mass is 32.2. The zero-order chi connectivity index (χ0) is 22.5. The third-order valence-corrected chi connectivity index (χ3v) is 5.89. The molecular formula is C24H20N6OS. The van der Waals surface area contributed by atoms with Crippen molar-refractivity contribution in [2.45, 2.75) is 18.9 Å². The van der Waals surface area contributed by atoms with E-state index in [1.165, 1.54) is 11.8 Å². The Kier molecular flexibility index (Phi) is 6.29. The topological polar surface area (TPSA) is 96.5 Å². The minimum absolute atomic E-state index is 0.0898. The maximum atomic E-state index is 12.8. The van der Waals surface area contributed by atoms with Gasteiger partial charge in [-0.05, 0) is 31.5 Å². The molecule has 7 nitrogen and oxygen atoms in total. The fourth-order valence-corrected chi connectivity index (χ4v) is 3.90. The van der Waals surface area contributed by atoms with E-state index in [0.717, 1.165) is 22.5 Å². The number of nitrogens with zero attached hydrogens (tertiary/aromatic N) is 5. The van der Waals surface area contributed by atoms with Gasteiger partial charge in [-0.3, -0.25) is 4.79 Å². The molecule has 0 saturated heterocycles. The summed E-state index contributed by atoms with van der Waals surface area (Å²) in [7, 11) is 0. The van der Waals surface area contributed by atoms with Gasteiger partial charge in [0.1, 0.15) is 16.9 Å². The predicted molar refractivity (Wildman–Crippen MR) is 125 cm³/mol. The first-order valence-electron chi connectivity index (χ1n) is 9.94. The number of aryl methyl sites for hydroxylation is 1. The molecule has 4 aromatic rings. The van der Waals surface area contributed by atoms with Crippen LogP contribution in [0.1, 0.15) is 16.8 Å². The summed E-state index contributed by atoms with van der Waals surface area (Å²) in [6, 6.07) is 23.4. The van der Waals surface area contributed by atoms with E-state index in [1.54, 1.807) is 11.6 Å². The van der Waals surface area contributed by atoms with Gasteiger partial charge < -0.3 is 5.32 Å². The fourth-order valence-electron chi connectivity index (χ4n) is 3.12. The number of carbonyl (C=O) groups is 1. The quantitative estimate of drug-likeness (QED) is 0.442. The molecule has 8 heteroatoms. The summed E-state index contributed by atoms with van der Waals surface area (Å²) in [6.45, 7) is 3.63. The number of nitrogens with one attached hydrogen (secondary N) is 1. The minimum atomic E-state index is -0.226. The summed E-state index contributed by atoms with van der Waals surface area (Å²) < 4.78 is 1.71. The number of rotatable bonds is 6. The van der Waals surface area contributed by atoms with Gasteiger partial charge in [0.05, 0.1) is 28.4 Å².